The maximum Gasteiger partial charge on any atom is 0.321 e. The minimum Gasteiger partial charge on any atom is -0.480 e. The van der Waals surface area contributed by atoms with Crippen molar-refractivity contribution >= 4 is 82.2 Å². The molecular formula is C29H40BrCl2N3O6S3. The van der Waals surface area contributed by atoms with Gasteiger partial charge < -0.3 is 10.0 Å². The molecule has 2 aliphatic heterocycles. The number of thiophene rings is 1. The summed E-state index contributed by atoms with van der Waals surface area (Å²) in [7, 11) is -7.55. The molecule has 2 N–H and O–H groups in total. The lowest BCUT2D eigenvalue weighted by atomic mass is 9.87. The fraction of sp³-hybridized carbons (Fsp3) is 0.621. The predicted octanol–water partition coefficient (Wildman–Crippen LogP) is 7.08. The lowest BCUT2D eigenvalue weighted by Crippen LogP contribution is -2.41. The quantitative estimate of drug-likeness (QED) is 0.223. The SMILES string of the molecule is CC(C)CC(NS(=O)(=O)c1ccc(N2CCC(CCCC3CCN(S(=O)(=O)c4cc(Br)c(Cl)s4)CC3)CC2)c(Cl)c1)C(=O)O. The Labute approximate surface area is 283 Å². The third-order valence-electron chi connectivity index (χ3n) is 8.50. The van der Waals surface area contributed by atoms with Gasteiger partial charge in [0.25, 0.3) is 10.0 Å². The van der Waals surface area contributed by atoms with E-state index in [1.807, 2.05) is 13.8 Å². The Kier molecular flexibility index (Phi) is 12.5. The average molecular weight is 774 g/mol. The van der Waals surface area contributed by atoms with E-state index < -0.39 is 32.1 Å². The van der Waals surface area contributed by atoms with Gasteiger partial charge in [-0.1, -0.05) is 56.3 Å². The molecule has 2 aromatic rings. The summed E-state index contributed by atoms with van der Waals surface area (Å²) in [5, 5.41) is 9.76. The third kappa shape index (κ3) is 9.11. The highest BCUT2D eigenvalue weighted by atomic mass is 79.9. The number of carbonyl (C=O) groups is 1. The Morgan fingerprint density at radius 1 is 1.02 bits per heavy atom. The lowest BCUT2D eigenvalue weighted by molar-refractivity contribution is -0.139. The molecular weight excluding hydrogens is 733 g/mol. The average Bonchev–Trinajstić information content (AvgIpc) is 3.31. The van der Waals surface area contributed by atoms with E-state index in [2.05, 4.69) is 25.6 Å². The van der Waals surface area contributed by atoms with Gasteiger partial charge in [-0.25, -0.2) is 16.8 Å². The predicted molar refractivity (Wildman–Crippen MR) is 180 cm³/mol. The van der Waals surface area contributed by atoms with Crippen LogP contribution in [0.1, 0.15) is 65.2 Å². The molecule has 0 amide bonds. The molecule has 0 spiro atoms. The third-order valence-corrected chi connectivity index (χ3v) is 15.1. The van der Waals surface area contributed by atoms with Crippen LogP contribution in [0.15, 0.2) is 37.8 Å². The number of aliphatic carboxylic acids is 1. The van der Waals surface area contributed by atoms with Gasteiger partial charge in [-0.15, -0.1) is 11.3 Å². The molecule has 1 aromatic heterocycles. The maximum absolute atomic E-state index is 13.0. The summed E-state index contributed by atoms with van der Waals surface area (Å²) in [6, 6.07) is 4.95. The molecule has 4 rings (SSSR count). The van der Waals surface area contributed by atoms with Crippen LogP contribution in [-0.4, -0.2) is 64.4 Å². The summed E-state index contributed by atoms with van der Waals surface area (Å²) >= 11 is 17.0. The van der Waals surface area contributed by atoms with Crippen LogP contribution < -0.4 is 9.62 Å². The number of anilines is 1. The van der Waals surface area contributed by atoms with Crippen molar-refractivity contribution < 1.29 is 26.7 Å². The van der Waals surface area contributed by atoms with E-state index in [0.717, 1.165) is 75.1 Å². The zero-order valence-electron chi connectivity index (χ0n) is 24.8. The van der Waals surface area contributed by atoms with Crippen molar-refractivity contribution in [3.63, 3.8) is 0 Å². The number of hydrogen-bond acceptors (Lipinski definition) is 7. The van der Waals surface area contributed by atoms with Crippen LogP contribution in [0, 0.1) is 17.8 Å². The van der Waals surface area contributed by atoms with E-state index >= 15 is 0 Å². The maximum atomic E-state index is 13.0. The first-order valence-electron chi connectivity index (χ1n) is 14.9. The summed E-state index contributed by atoms with van der Waals surface area (Å²) in [5.41, 5.74) is 0.778. The first-order chi connectivity index (χ1) is 20.7. The zero-order valence-corrected chi connectivity index (χ0v) is 30.4. The van der Waals surface area contributed by atoms with Crippen LogP contribution in [0.25, 0.3) is 0 Å². The molecule has 3 heterocycles. The molecule has 2 aliphatic rings. The van der Waals surface area contributed by atoms with E-state index in [0.29, 0.717) is 38.8 Å². The Morgan fingerprint density at radius 3 is 2.11 bits per heavy atom. The molecule has 0 bridgehead atoms. The Balaban J connectivity index is 1.21. The van der Waals surface area contributed by atoms with Gasteiger partial charge in [-0.2, -0.15) is 9.03 Å². The van der Waals surface area contributed by atoms with Crippen LogP contribution in [0.4, 0.5) is 5.69 Å². The number of rotatable bonds is 13. The molecule has 15 heteroatoms. The smallest absolute Gasteiger partial charge is 0.321 e. The van der Waals surface area contributed by atoms with E-state index in [1.54, 1.807) is 16.4 Å². The lowest BCUT2D eigenvalue weighted by Gasteiger charge is -2.35. The fourth-order valence-corrected chi connectivity index (χ4v) is 11.5. The second-order valence-electron chi connectivity index (χ2n) is 12.2. The van der Waals surface area contributed by atoms with Crippen LogP contribution in [0.2, 0.25) is 9.36 Å². The van der Waals surface area contributed by atoms with Crippen molar-refractivity contribution in [3.05, 3.63) is 38.1 Å². The number of hydrogen-bond donors (Lipinski definition) is 2. The summed E-state index contributed by atoms with van der Waals surface area (Å²) in [6.07, 6.45) is 7.30. The van der Waals surface area contributed by atoms with Crippen LogP contribution in [0.5, 0.6) is 0 Å². The van der Waals surface area contributed by atoms with Gasteiger partial charge in [0.2, 0.25) is 10.0 Å². The molecule has 1 unspecified atom stereocenters. The monoisotopic (exact) mass is 771 g/mol. The highest BCUT2D eigenvalue weighted by molar-refractivity contribution is 9.10. The molecule has 0 radical (unpaired) electrons. The number of halogens is 3. The van der Waals surface area contributed by atoms with Gasteiger partial charge in [-0.05, 0) is 90.1 Å². The van der Waals surface area contributed by atoms with E-state index in [4.69, 9.17) is 23.2 Å². The van der Waals surface area contributed by atoms with Crippen molar-refractivity contribution in [1.82, 2.24) is 9.03 Å². The Hall–Kier alpha value is -0.930. The van der Waals surface area contributed by atoms with Gasteiger partial charge in [0.15, 0.2) is 0 Å². The number of piperidine rings is 2. The zero-order chi connectivity index (χ0) is 32.2. The molecule has 2 saturated heterocycles. The first-order valence-corrected chi connectivity index (χ1v) is 20.2. The molecule has 44 heavy (non-hydrogen) atoms. The molecule has 0 saturated carbocycles. The number of carboxylic acids is 1. The number of nitrogens with zero attached hydrogens (tertiary/aromatic N) is 2. The highest BCUT2D eigenvalue weighted by Gasteiger charge is 2.32. The number of nitrogens with one attached hydrogen (secondary N) is 1. The van der Waals surface area contributed by atoms with Crippen LogP contribution in [-0.2, 0) is 24.8 Å². The number of benzene rings is 1. The van der Waals surface area contributed by atoms with Gasteiger partial charge >= 0.3 is 5.97 Å². The van der Waals surface area contributed by atoms with Crippen molar-refractivity contribution in [1.29, 1.82) is 0 Å². The molecule has 246 valence electrons. The molecule has 1 atom stereocenters. The molecule has 0 aliphatic carbocycles. The summed E-state index contributed by atoms with van der Waals surface area (Å²) in [4.78, 5) is 13.7. The van der Waals surface area contributed by atoms with Crippen LogP contribution >= 0.6 is 50.5 Å². The summed E-state index contributed by atoms with van der Waals surface area (Å²) in [5.74, 6) is -0.0688. The molecule has 1 aromatic carbocycles. The Morgan fingerprint density at radius 2 is 1.61 bits per heavy atom. The second-order valence-corrected chi connectivity index (χ2v) is 18.9. The fourth-order valence-electron chi connectivity index (χ4n) is 6.01. The Bertz CT molecular complexity index is 1500. The normalized spacial score (nSPS) is 18.6. The topological polar surface area (TPSA) is 124 Å². The van der Waals surface area contributed by atoms with Crippen molar-refractivity contribution in [3.8, 4) is 0 Å². The van der Waals surface area contributed by atoms with Crippen molar-refractivity contribution in [2.45, 2.75) is 80.4 Å². The molecule has 2 fully saturated rings. The minimum atomic E-state index is -4.04. The minimum absolute atomic E-state index is 0.0118. The van der Waals surface area contributed by atoms with Crippen LogP contribution in [0.3, 0.4) is 0 Å². The summed E-state index contributed by atoms with van der Waals surface area (Å²) < 4.78 is 56.9. The largest absolute Gasteiger partial charge is 0.480 e. The van der Waals surface area contributed by atoms with E-state index in [-0.39, 0.29) is 21.4 Å². The van der Waals surface area contributed by atoms with Crippen molar-refractivity contribution in [2.24, 2.45) is 17.8 Å². The van der Waals surface area contributed by atoms with Gasteiger partial charge in [0.1, 0.15) is 14.6 Å². The van der Waals surface area contributed by atoms with Gasteiger partial charge in [0.05, 0.1) is 15.6 Å². The standard InChI is InChI=1S/C29H40BrCl2N3O6S3/c1-19(2)16-25(29(36)37)33-43(38,39)22-6-7-26(24(31)17-22)34-12-8-20(9-13-34)4-3-5-21-10-14-35(15-11-21)44(40,41)27-18-23(30)28(32)42-27/h6-7,17-21,25,33H,3-5,8-16H2,1-2H3,(H,36,37). The van der Waals surface area contributed by atoms with E-state index in [9.17, 15) is 26.7 Å². The summed E-state index contributed by atoms with van der Waals surface area (Å²) in [6.45, 7) is 6.39. The van der Waals surface area contributed by atoms with E-state index in [1.165, 1.54) is 12.1 Å². The number of sulfonamides is 2. The van der Waals surface area contributed by atoms with Gasteiger partial charge in [0, 0.05) is 30.7 Å². The highest BCUT2D eigenvalue weighted by Crippen LogP contribution is 2.38. The van der Waals surface area contributed by atoms with Crippen molar-refractivity contribution in [2.75, 3.05) is 31.1 Å². The number of carboxylic acid groups (broad SMARTS) is 1. The van der Waals surface area contributed by atoms with Gasteiger partial charge in [-0.3, -0.25) is 4.79 Å². The first kappa shape index (κ1) is 35.9. The molecule has 9 nitrogen and oxygen atoms in total. The second kappa shape index (κ2) is 15.3.